The van der Waals surface area contributed by atoms with Crippen molar-refractivity contribution in [1.29, 1.82) is 0 Å². The van der Waals surface area contributed by atoms with E-state index in [0.717, 1.165) is 0 Å². The average Bonchev–Trinajstić information content (AvgIpc) is 3.83. The molecule has 0 N–H and O–H groups in total. The highest BCUT2D eigenvalue weighted by Crippen LogP contribution is 2.45. The van der Waals surface area contributed by atoms with Crippen LogP contribution in [0.5, 0.6) is 0 Å². The maximum absolute atomic E-state index is 2.47. The molecule has 0 aliphatic heterocycles. The molecule has 0 aliphatic carbocycles. The zero-order valence-corrected chi connectivity index (χ0v) is 34.2. The topological polar surface area (TPSA) is 9.86 Å². The van der Waals surface area contributed by atoms with Crippen molar-refractivity contribution in [2.75, 3.05) is 0 Å². The molecule has 2 heterocycles. The van der Waals surface area contributed by atoms with Gasteiger partial charge in [0.25, 0.3) is 0 Å². The second-order valence-electron chi connectivity index (χ2n) is 16.7. The van der Waals surface area contributed by atoms with Crippen LogP contribution in [0.15, 0.2) is 212 Å². The summed E-state index contributed by atoms with van der Waals surface area (Å²) in [5, 5.41) is 10.0. The minimum Gasteiger partial charge on any atom is -0.309 e. The molecule has 0 radical (unpaired) electrons. The normalized spacial score (nSPS) is 11.9. The quantitative estimate of drug-likeness (QED) is 0.149. The number of hydrogen-bond acceptors (Lipinski definition) is 0. The van der Waals surface area contributed by atoms with Crippen LogP contribution in [0, 0.1) is 0 Å². The van der Waals surface area contributed by atoms with Crippen molar-refractivity contribution >= 4 is 65.2 Å². The van der Waals surface area contributed by atoms with Crippen LogP contribution < -0.4 is 0 Å². The first kappa shape index (κ1) is 35.3. The van der Waals surface area contributed by atoms with Gasteiger partial charge in [-0.05, 0) is 133 Å². The number of hydrogen-bond donors (Lipinski definition) is 0. The molecule has 10 aromatic carbocycles. The summed E-state index contributed by atoms with van der Waals surface area (Å²) in [6.07, 6.45) is 0. The predicted molar refractivity (Wildman–Crippen MR) is 261 cm³/mol. The number of benzene rings is 10. The molecule has 0 fully saturated rings. The Hall–Kier alpha value is -7.68. The second kappa shape index (κ2) is 14.0. The molecule has 0 amide bonds. The van der Waals surface area contributed by atoms with Gasteiger partial charge in [0.05, 0.1) is 22.1 Å². The number of fused-ring (bicyclic) bond motifs is 8. The Bertz CT molecular complexity index is 3450. The van der Waals surface area contributed by atoms with E-state index < -0.39 is 0 Å². The molecular weight excluding hydrogens is 737 g/mol. The van der Waals surface area contributed by atoms with Crippen LogP contribution in [0.3, 0.4) is 0 Å². The molecule has 288 valence electrons. The molecular formula is C59H42N2. The summed E-state index contributed by atoms with van der Waals surface area (Å²) in [6.45, 7) is 4.57. The Balaban J connectivity index is 1.13. The lowest BCUT2D eigenvalue weighted by molar-refractivity contribution is 0.867. The van der Waals surface area contributed by atoms with Crippen LogP contribution in [0.4, 0.5) is 0 Å². The molecule has 2 nitrogen and oxygen atoms in total. The van der Waals surface area contributed by atoms with Gasteiger partial charge in [-0.3, -0.25) is 0 Å². The van der Waals surface area contributed by atoms with Crippen LogP contribution in [-0.4, -0.2) is 9.13 Å². The van der Waals surface area contributed by atoms with E-state index in [-0.39, 0.29) is 0 Å². The number of para-hydroxylation sites is 4. The summed E-state index contributed by atoms with van der Waals surface area (Å²) < 4.78 is 4.79. The van der Waals surface area contributed by atoms with Crippen LogP contribution in [0.1, 0.15) is 25.3 Å². The van der Waals surface area contributed by atoms with Gasteiger partial charge in [-0.25, -0.2) is 0 Å². The highest BCUT2D eigenvalue weighted by atomic mass is 15.0. The number of nitrogens with zero attached hydrogens (tertiary/aromatic N) is 2. The van der Waals surface area contributed by atoms with Crippen molar-refractivity contribution in [2.24, 2.45) is 0 Å². The fourth-order valence-electron chi connectivity index (χ4n) is 10.0. The lowest BCUT2D eigenvalue weighted by Gasteiger charge is -2.18. The van der Waals surface area contributed by atoms with Crippen LogP contribution >= 0.6 is 0 Å². The van der Waals surface area contributed by atoms with Crippen LogP contribution in [-0.2, 0) is 0 Å². The molecule has 12 aromatic rings. The summed E-state index contributed by atoms with van der Waals surface area (Å²) in [5.74, 6) is 0.418. The molecule has 12 rings (SSSR count). The van der Waals surface area contributed by atoms with E-state index in [9.17, 15) is 0 Å². The number of aromatic nitrogens is 2. The molecule has 0 unspecified atom stereocenters. The van der Waals surface area contributed by atoms with Gasteiger partial charge in [0.1, 0.15) is 0 Å². The molecule has 0 aliphatic rings. The van der Waals surface area contributed by atoms with Crippen molar-refractivity contribution in [1.82, 2.24) is 9.13 Å². The zero-order valence-electron chi connectivity index (χ0n) is 34.2. The summed E-state index contributed by atoms with van der Waals surface area (Å²) >= 11 is 0. The van der Waals surface area contributed by atoms with Crippen LogP contribution in [0.2, 0.25) is 0 Å². The third-order valence-electron chi connectivity index (χ3n) is 12.9. The first-order valence-corrected chi connectivity index (χ1v) is 21.4. The smallest absolute Gasteiger partial charge is 0.0541 e. The van der Waals surface area contributed by atoms with Crippen molar-refractivity contribution in [2.45, 2.75) is 19.8 Å². The predicted octanol–water partition coefficient (Wildman–Crippen LogP) is 16.3. The van der Waals surface area contributed by atoms with E-state index >= 15 is 0 Å². The molecule has 0 spiro atoms. The third-order valence-corrected chi connectivity index (χ3v) is 12.9. The Kier molecular flexibility index (Phi) is 8.08. The average molecular weight is 779 g/mol. The first-order chi connectivity index (χ1) is 30.1. The first-order valence-electron chi connectivity index (χ1n) is 21.4. The summed E-state index contributed by atoms with van der Waals surface area (Å²) in [6, 6.07) is 78.6. The lowest BCUT2D eigenvalue weighted by Crippen LogP contribution is -1.94. The third kappa shape index (κ3) is 5.56. The fraction of sp³-hybridized carbons (Fsp3) is 0.0508. The molecule has 2 heteroatoms. The standard InChI is InChI=1S/C59H42N2/c1-38(2)39-16-13-17-42(34-39)59-49-26-14-24-45(40-30-32-57-53(35-40)47-22-9-11-28-55(47)60(57)43-18-5-3-6-19-43)51(49)37-52-46(25-15-27-50(52)59)41-31-33-58-54(36-41)48-23-10-12-29-56(48)61(58)44-20-7-4-8-21-44/h3-38H,1-2H3. The maximum Gasteiger partial charge on any atom is 0.0541 e. The lowest BCUT2D eigenvalue weighted by atomic mass is 9.85. The van der Waals surface area contributed by atoms with E-state index in [2.05, 4.69) is 235 Å². The molecule has 0 bridgehead atoms. The minimum atomic E-state index is 0.418. The Labute approximate surface area is 355 Å². The Morgan fingerprint density at radius 3 is 1.25 bits per heavy atom. The molecule has 61 heavy (non-hydrogen) atoms. The van der Waals surface area contributed by atoms with E-state index in [1.165, 1.54) is 115 Å². The number of rotatable bonds is 6. The fourth-order valence-corrected chi connectivity index (χ4v) is 10.0. The summed E-state index contributed by atoms with van der Waals surface area (Å²) in [4.78, 5) is 0. The highest BCUT2D eigenvalue weighted by Gasteiger charge is 2.20. The SMILES string of the molecule is CC(C)c1cccc(-c2c3cccc(-c4ccc5c(c4)c4ccccc4n5-c4ccccc4)c3cc3c(-c4ccc5c(c4)c4ccccc4n5-c4ccccc4)cccc23)c1. The Morgan fingerprint density at radius 2 is 0.738 bits per heavy atom. The Morgan fingerprint density at radius 1 is 0.295 bits per heavy atom. The molecule has 0 saturated heterocycles. The van der Waals surface area contributed by atoms with Crippen molar-refractivity contribution in [3.63, 3.8) is 0 Å². The van der Waals surface area contributed by atoms with Gasteiger partial charge in [-0.1, -0.05) is 159 Å². The van der Waals surface area contributed by atoms with Gasteiger partial charge in [-0.2, -0.15) is 0 Å². The van der Waals surface area contributed by atoms with Crippen molar-refractivity contribution < 1.29 is 0 Å². The molecule has 0 saturated carbocycles. The van der Waals surface area contributed by atoms with Gasteiger partial charge in [0, 0.05) is 32.9 Å². The van der Waals surface area contributed by atoms with E-state index in [1.54, 1.807) is 0 Å². The minimum absolute atomic E-state index is 0.418. The van der Waals surface area contributed by atoms with E-state index in [1.807, 2.05) is 0 Å². The van der Waals surface area contributed by atoms with Gasteiger partial charge < -0.3 is 9.13 Å². The second-order valence-corrected chi connectivity index (χ2v) is 16.7. The van der Waals surface area contributed by atoms with Crippen LogP contribution in [0.25, 0.3) is 110 Å². The largest absolute Gasteiger partial charge is 0.309 e. The summed E-state index contributed by atoms with van der Waals surface area (Å²) in [5.41, 5.74) is 15.9. The zero-order chi connectivity index (χ0) is 40.6. The monoisotopic (exact) mass is 778 g/mol. The van der Waals surface area contributed by atoms with Gasteiger partial charge in [-0.15, -0.1) is 0 Å². The van der Waals surface area contributed by atoms with Gasteiger partial charge in [0.15, 0.2) is 0 Å². The van der Waals surface area contributed by atoms with E-state index in [4.69, 9.17) is 0 Å². The molecule has 2 aromatic heterocycles. The molecule has 0 atom stereocenters. The van der Waals surface area contributed by atoms with Gasteiger partial charge >= 0.3 is 0 Å². The summed E-state index contributed by atoms with van der Waals surface area (Å²) in [7, 11) is 0. The van der Waals surface area contributed by atoms with E-state index in [0.29, 0.717) is 5.92 Å². The van der Waals surface area contributed by atoms with Crippen molar-refractivity contribution in [3.05, 3.63) is 218 Å². The van der Waals surface area contributed by atoms with Gasteiger partial charge in [0.2, 0.25) is 0 Å². The highest BCUT2D eigenvalue weighted by molar-refractivity contribution is 6.20. The van der Waals surface area contributed by atoms with Crippen molar-refractivity contribution in [3.8, 4) is 44.8 Å². The maximum atomic E-state index is 2.47.